The van der Waals surface area contributed by atoms with Crippen molar-refractivity contribution in [2.24, 2.45) is 0 Å². The zero-order valence-corrected chi connectivity index (χ0v) is 23.2. The van der Waals surface area contributed by atoms with Crippen molar-refractivity contribution < 1.29 is 18.7 Å². The number of rotatable bonds is 4. The number of pyridine rings is 1. The van der Waals surface area contributed by atoms with Crippen molar-refractivity contribution in [3.8, 4) is 17.0 Å². The molecule has 3 aromatic rings. The van der Waals surface area contributed by atoms with Crippen LogP contribution in [0.2, 0.25) is 10.0 Å². The molecule has 2 aliphatic heterocycles. The van der Waals surface area contributed by atoms with Gasteiger partial charge in [-0.2, -0.15) is 5.10 Å². The quantitative estimate of drug-likeness (QED) is 0.370. The van der Waals surface area contributed by atoms with Gasteiger partial charge in [-0.3, -0.25) is 4.68 Å². The summed E-state index contributed by atoms with van der Waals surface area (Å²) in [5.74, 6) is -0.0949. The minimum absolute atomic E-state index is 0.0968. The first-order chi connectivity index (χ1) is 17.9. The van der Waals surface area contributed by atoms with Crippen LogP contribution in [0.25, 0.3) is 11.3 Å². The molecule has 202 valence electrons. The van der Waals surface area contributed by atoms with Gasteiger partial charge in [-0.1, -0.05) is 23.2 Å². The predicted octanol–water partition coefficient (Wildman–Crippen LogP) is 6.40. The van der Waals surface area contributed by atoms with Gasteiger partial charge in [-0.05, 0) is 64.8 Å². The molecule has 2 aliphatic rings. The Labute approximate surface area is 230 Å². The SMILES string of the molecule is C[C@@H](Oc1cc(-c2cc3n(n2)CC[C@@]32CCN(C(=O)OC(C)(C)C)C2)cnc1N)c1c(Cl)ccc(F)c1Cl. The van der Waals surface area contributed by atoms with Crippen LogP contribution >= 0.6 is 23.2 Å². The monoisotopic (exact) mass is 561 g/mol. The number of halogens is 3. The summed E-state index contributed by atoms with van der Waals surface area (Å²) in [6, 6.07) is 6.45. The molecule has 1 aromatic carbocycles. The topological polar surface area (TPSA) is 95.5 Å². The van der Waals surface area contributed by atoms with E-state index in [-0.39, 0.29) is 22.3 Å². The van der Waals surface area contributed by atoms with E-state index in [0.29, 0.717) is 29.4 Å². The van der Waals surface area contributed by atoms with E-state index >= 15 is 0 Å². The number of anilines is 1. The Morgan fingerprint density at radius 3 is 2.68 bits per heavy atom. The minimum Gasteiger partial charge on any atom is -0.482 e. The van der Waals surface area contributed by atoms with E-state index in [4.69, 9.17) is 43.5 Å². The zero-order valence-electron chi connectivity index (χ0n) is 21.7. The van der Waals surface area contributed by atoms with Crippen molar-refractivity contribution >= 4 is 35.1 Å². The van der Waals surface area contributed by atoms with E-state index < -0.39 is 17.5 Å². The molecule has 38 heavy (non-hydrogen) atoms. The van der Waals surface area contributed by atoms with Gasteiger partial charge in [0.15, 0.2) is 11.6 Å². The molecule has 2 atom stereocenters. The number of fused-ring (bicyclic) bond motifs is 2. The average Bonchev–Trinajstić information content (AvgIpc) is 3.54. The second-order valence-corrected chi connectivity index (χ2v) is 11.7. The van der Waals surface area contributed by atoms with Gasteiger partial charge in [0.25, 0.3) is 0 Å². The molecule has 8 nitrogen and oxygen atoms in total. The molecule has 0 unspecified atom stereocenters. The van der Waals surface area contributed by atoms with Crippen molar-refractivity contribution in [3.63, 3.8) is 0 Å². The van der Waals surface area contributed by atoms with E-state index in [1.807, 2.05) is 31.5 Å². The predicted molar refractivity (Wildman–Crippen MR) is 144 cm³/mol. The van der Waals surface area contributed by atoms with Crippen LogP contribution in [0, 0.1) is 5.82 Å². The van der Waals surface area contributed by atoms with E-state index in [9.17, 15) is 9.18 Å². The lowest BCUT2D eigenvalue weighted by Gasteiger charge is -2.26. The summed E-state index contributed by atoms with van der Waals surface area (Å²) in [7, 11) is 0. The van der Waals surface area contributed by atoms with E-state index in [2.05, 4.69) is 4.98 Å². The van der Waals surface area contributed by atoms with Gasteiger partial charge in [-0.25, -0.2) is 14.2 Å². The molecule has 11 heteroatoms. The molecule has 1 saturated heterocycles. The highest BCUT2D eigenvalue weighted by Crippen LogP contribution is 2.44. The zero-order chi connectivity index (χ0) is 27.4. The number of nitrogens with zero attached hydrogens (tertiary/aromatic N) is 4. The average molecular weight is 562 g/mol. The van der Waals surface area contributed by atoms with Crippen molar-refractivity contribution in [1.82, 2.24) is 19.7 Å². The summed E-state index contributed by atoms with van der Waals surface area (Å²) in [5.41, 5.74) is 8.26. The lowest BCUT2D eigenvalue weighted by atomic mass is 9.82. The fourth-order valence-corrected chi connectivity index (χ4v) is 5.90. The first kappa shape index (κ1) is 26.6. The molecule has 0 radical (unpaired) electrons. The largest absolute Gasteiger partial charge is 0.482 e. The highest BCUT2D eigenvalue weighted by atomic mass is 35.5. The van der Waals surface area contributed by atoms with Crippen molar-refractivity contribution in [3.05, 3.63) is 57.6 Å². The Morgan fingerprint density at radius 2 is 1.95 bits per heavy atom. The van der Waals surface area contributed by atoms with Crippen LogP contribution in [-0.2, 0) is 16.7 Å². The maximum absolute atomic E-state index is 14.0. The summed E-state index contributed by atoms with van der Waals surface area (Å²) < 4.78 is 27.7. The van der Waals surface area contributed by atoms with E-state index in [1.165, 1.54) is 12.1 Å². The van der Waals surface area contributed by atoms with Gasteiger partial charge in [0.2, 0.25) is 0 Å². The second-order valence-electron chi connectivity index (χ2n) is 10.9. The molecule has 4 heterocycles. The number of nitrogen functional groups attached to an aromatic ring is 1. The van der Waals surface area contributed by atoms with Crippen LogP contribution in [0.4, 0.5) is 15.0 Å². The molecule has 0 saturated carbocycles. The fourth-order valence-electron chi connectivity index (χ4n) is 5.23. The molecule has 2 N–H and O–H groups in total. The van der Waals surface area contributed by atoms with Gasteiger partial charge in [0.05, 0.1) is 10.7 Å². The smallest absolute Gasteiger partial charge is 0.410 e. The third-order valence-corrected chi connectivity index (χ3v) is 7.81. The number of hydrogen-bond donors (Lipinski definition) is 1. The Balaban J connectivity index is 1.38. The van der Waals surface area contributed by atoms with Crippen LogP contribution in [0.15, 0.2) is 30.5 Å². The molecule has 1 spiro atoms. The fraction of sp³-hybridized carbons (Fsp3) is 0.444. The maximum Gasteiger partial charge on any atom is 0.410 e. The van der Waals surface area contributed by atoms with Crippen molar-refractivity contribution in [2.75, 3.05) is 18.8 Å². The number of carbonyl (C=O) groups excluding carboxylic acids is 1. The number of aryl methyl sites for hydroxylation is 1. The Morgan fingerprint density at radius 1 is 1.21 bits per heavy atom. The van der Waals surface area contributed by atoms with Gasteiger partial charge >= 0.3 is 6.09 Å². The van der Waals surface area contributed by atoms with E-state index in [0.717, 1.165) is 36.3 Å². The number of nitrogens with two attached hydrogens (primary N) is 1. The van der Waals surface area contributed by atoms with Crippen LogP contribution in [-0.4, -0.2) is 44.4 Å². The number of hydrogen-bond acceptors (Lipinski definition) is 6. The standard InChI is InChI=1S/C27H30Cl2FN5O3/c1-15(22-17(28)5-6-18(30)23(22)29)37-20-11-16(13-32-24(20)31)19-12-21-27(8-10-35(21)33-19)7-9-34(14-27)25(36)38-26(2,3)4/h5-6,11-13,15H,7-10,14H2,1-4H3,(H2,31,32)/t15-,27-/m1/s1. The first-order valence-corrected chi connectivity index (χ1v) is 13.2. The number of carbonyl (C=O) groups is 1. The lowest BCUT2D eigenvalue weighted by molar-refractivity contribution is 0.0284. The highest BCUT2D eigenvalue weighted by molar-refractivity contribution is 6.36. The number of likely N-dealkylation sites (tertiary alicyclic amines) is 1. The molecule has 0 bridgehead atoms. The molecule has 2 aromatic heterocycles. The first-order valence-electron chi connectivity index (χ1n) is 12.5. The summed E-state index contributed by atoms with van der Waals surface area (Å²) in [6.45, 7) is 9.31. The Kier molecular flexibility index (Phi) is 6.72. The normalized spacial score (nSPS) is 19.6. The van der Waals surface area contributed by atoms with Gasteiger partial charge in [-0.15, -0.1) is 0 Å². The van der Waals surface area contributed by atoms with E-state index in [1.54, 1.807) is 24.1 Å². The number of aromatic nitrogens is 3. The molecule has 5 rings (SSSR count). The summed E-state index contributed by atoms with van der Waals surface area (Å²) >= 11 is 12.4. The van der Waals surface area contributed by atoms with Crippen molar-refractivity contribution in [1.29, 1.82) is 0 Å². The molecular weight excluding hydrogens is 532 g/mol. The second kappa shape index (κ2) is 9.61. The maximum atomic E-state index is 14.0. The Bertz CT molecular complexity index is 1410. The van der Waals surface area contributed by atoms with Gasteiger partial charge in [0, 0.05) is 53.1 Å². The van der Waals surface area contributed by atoms with Gasteiger partial charge in [0.1, 0.15) is 17.5 Å². The lowest BCUT2D eigenvalue weighted by Crippen LogP contribution is -2.37. The van der Waals surface area contributed by atoms with Crippen LogP contribution in [0.3, 0.4) is 0 Å². The molecule has 1 amide bonds. The third kappa shape index (κ3) is 4.89. The van der Waals surface area contributed by atoms with Crippen molar-refractivity contribution in [2.45, 2.75) is 64.2 Å². The number of ether oxygens (including phenoxy) is 2. The number of benzene rings is 1. The van der Waals surface area contributed by atoms with Gasteiger partial charge < -0.3 is 20.1 Å². The summed E-state index contributed by atoms with van der Waals surface area (Å²) in [4.78, 5) is 18.8. The third-order valence-electron chi connectivity index (χ3n) is 7.10. The minimum atomic E-state index is -0.683. The Hall–Kier alpha value is -3.04. The van der Waals surface area contributed by atoms with Crippen LogP contribution < -0.4 is 10.5 Å². The van der Waals surface area contributed by atoms with Crippen LogP contribution in [0.5, 0.6) is 5.75 Å². The number of amides is 1. The summed E-state index contributed by atoms with van der Waals surface area (Å²) in [6.07, 6.45) is 2.43. The highest BCUT2D eigenvalue weighted by Gasteiger charge is 2.47. The molecule has 1 fully saturated rings. The summed E-state index contributed by atoms with van der Waals surface area (Å²) in [5, 5.41) is 5.01. The molecule has 0 aliphatic carbocycles. The molecular formula is C27H30Cl2FN5O3. The van der Waals surface area contributed by atoms with Crippen LogP contribution in [0.1, 0.15) is 57.9 Å².